The molecule has 102 valence electrons. The molecular weight excluding hydrogens is 264 g/mol. The molecule has 0 aliphatic heterocycles. The van der Waals surface area contributed by atoms with Gasteiger partial charge in [-0.2, -0.15) is 0 Å². The molecule has 0 aromatic carbocycles. The fraction of sp³-hybridized carbons (Fsp3) is 0.462. The van der Waals surface area contributed by atoms with E-state index in [9.17, 15) is 9.59 Å². The second-order valence-corrected chi connectivity index (χ2v) is 5.07. The summed E-state index contributed by atoms with van der Waals surface area (Å²) in [6, 6.07) is 0.158. The minimum absolute atomic E-state index is 0.158. The molecule has 19 heavy (non-hydrogen) atoms. The summed E-state index contributed by atoms with van der Waals surface area (Å²) in [6.45, 7) is 2.03. The van der Waals surface area contributed by atoms with Gasteiger partial charge in [0.15, 0.2) is 0 Å². The molecule has 1 amide bonds. The van der Waals surface area contributed by atoms with Crippen LogP contribution in [0, 0.1) is 0 Å². The van der Waals surface area contributed by atoms with E-state index >= 15 is 0 Å². The van der Waals surface area contributed by atoms with E-state index in [0.717, 1.165) is 30.6 Å². The van der Waals surface area contributed by atoms with Crippen molar-refractivity contribution in [3.8, 4) is 0 Å². The highest BCUT2D eigenvalue weighted by atomic mass is 32.1. The zero-order valence-electron chi connectivity index (χ0n) is 10.7. The lowest BCUT2D eigenvalue weighted by Crippen LogP contribution is -2.35. The molecule has 1 aromatic rings. The highest BCUT2D eigenvalue weighted by Crippen LogP contribution is 2.14. The standard InChI is InChI=1S/C13H16N2O3S/c1-2-18-13(17)12-15-10(8-19-12)11(16)14-9-6-4-3-5-7-9/h3-4,8-9H,2,5-7H2,1H3,(H,14,16). The number of hydrogen-bond donors (Lipinski definition) is 1. The summed E-state index contributed by atoms with van der Waals surface area (Å²) in [7, 11) is 0. The predicted octanol–water partition coefficient (Wildman–Crippen LogP) is 2.16. The Morgan fingerprint density at radius 1 is 1.53 bits per heavy atom. The van der Waals surface area contributed by atoms with Crippen LogP contribution in [0.15, 0.2) is 17.5 Å². The Balaban J connectivity index is 1.95. The normalized spacial score (nSPS) is 18.1. The number of thiazole rings is 1. The van der Waals surface area contributed by atoms with Crippen LogP contribution >= 0.6 is 11.3 Å². The van der Waals surface area contributed by atoms with Crippen LogP contribution in [-0.2, 0) is 4.74 Å². The lowest BCUT2D eigenvalue weighted by molar-refractivity contribution is 0.0526. The van der Waals surface area contributed by atoms with Gasteiger partial charge in [-0.05, 0) is 26.2 Å². The van der Waals surface area contributed by atoms with Crippen molar-refractivity contribution in [2.24, 2.45) is 0 Å². The van der Waals surface area contributed by atoms with Crippen molar-refractivity contribution >= 4 is 23.2 Å². The van der Waals surface area contributed by atoms with Gasteiger partial charge in [0.2, 0.25) is 5.01 Å². The number of amides is 1. The first kappa shape index (κ1) is 13.7. The summed E-state index contributed by atoms with van der Waals surface area (Å²) in [5.41, 5.74) is 0.280. The van der Waals surface area contributed by atoms with Crippen molar-refractivity contribution in [1.29, 1.82) is 0 Å². The van der Waals surface area contributed by atoms with Gasteiger partial charge in [0.1, 0.15) is 5.69 Å². The Bertz CT molecular complexity index is 496. The topological polar surface area (TPSA) is 68.3 Å². The monoisotopic (exact) mass is 280 g/mol. The Morgan fingerprint density at radius 3 is 3.05 bits per heavy atom. The third-order valence-electron chi connectivity index (χ3n) is 2.79. The largest absolute Gasteiger partial charge is 0.461 e. The fourth-order valence-corrected chi connectivity index (χ4v) is 2.54. The highest BCUT2D eigenvalue weighted by Gasteiger charge is 2.19. The molecule has 1 N–H and O–H groups in total. The molecule has 1 aromatic heterocycles. The molecule has 1 aliphatic carbocycles. The lowest BCUT2D eigenvalue weighted by Gasteiger charge is -2.18. The minimum Gasteiger partial charge on any atom is -0.461 e. The second-order valence-electron chi connectivity index (χ2n) is 4.21. The van der Waals surface area contributed by atoms with E-state index in [0.29, 0.717) is 6.61 Å². The summed E-state index contributed by atoms with van der Waals surface area (Å²) >= 11 is 1.13. The number of nitrogens with one attached hydrogen (secondary N) is 1. The number of rotatable bonds is 4. The van der Waals surface area contributed by atoms with Crippen LogP contribution in [0.3, 0.4) is 0 Å². The molecule has 6 heteroatoms. The van der Waals surface area contributed by atoms with Gasteiger partial charge in [0.05, 0.1) is 6.61 Å². The average molecular weight is 280 g/mol. The number of carbonyl (C=O) groups excluding carboxylic acids is 2. The number of nitrogens with zero attached hydrogens (tertiary/aromatic N) is 1. The van der Waals surface area contributed by atoms with E-state index in [1.165, 1.54) is 0 Å². The Labute approximate surface area is 115 Å². The van der Waals surface area contributed by atoms with Crippen molar-refractivity contribution in [1.82, 2.24) is 10.3 Å². The maximum Gasteiger partial charge on any atom is 0.367 e. The fourth-order valence-electron chi connectivity index (χ4n) is 1.85. The zero-order valence-corrected chi connectivity index (χ0v) is 11.5. The Morgan fingerprint density at radius 2 is 2.37 bits per heavy atom. The minimum atomic E-state index is -0.479. The molecule has 0 saturated heterocycles. The second kappa shape index (κ2) is 6.47. The molecule has 2 rings (SSSR count). The van der Waals surface area contributed by atoms with Crippen LogP contribution in [0.5, 0.6) is 0 Å². The Hall–Kier alpha value is -1.69. The smallest absolute Gasteiger partial charge is 0.367 e. The van der Waals surface area contributed by atoms with Crippen LogP contribution in [0.1, 0.15) is 46.5 Å². The van der Waals surface area contributed by atoms with Crippen LogP contribution < -0.4 is 5.32 Å². The number of aromatic nitrogens is 1. The van der Waals surface area contributed by atoms with Crippen molar-refractivity contribution in [2.75, 3.05) is 6.61 Å². The lowest BCUT2D eigenvalue weighted by atomic mass is 10.0. The average Bonchev–Trinajstić information content (AvgIpc) is 2.90. The molecule has 1 heterocycles. The number of carbonyl (C=O) groups is 2. The number of esters is 1. The quantitative estimate of drug-likeness (QED) is 0.678. The third kappa shape index (κ3) is 3.64. The van der Waals surface area contributed by atoms with E-state index < -0.39 is 5.97 Å². The van der Waals surface area contributed by atoms with Gasteiger partial charge < -0.3 is 10.1 Å². The first-order chi connectivity index (χ1) is 9.20. The number of allylic oxidation sites excluding steroid dienone is 1. The number of ether oxygens (including phenoxy) is 1. The van der Waals surface area contributed by atoms with Crippen LogP contribution in [0.4, 0.5) is 0 Å². The van der Waals surface area contributed by atoms with E-state index in [1.807, 2.05) is 0 Å². The molecule has 1 atom stereocenters. The van der Waals surface area contributed by atoms with E-state index in [4.69, 9.17) is 4.74 Å². The molecule has 1 aliphatic rings. The Kier molecular flexibility index (Phi) is 4.68. The summed E-state index contributed by atoms with van der Waals surface area (Å²) in [6.07, 6.45) is 6.96. The summed E-state index contributed by atoms with van der Waals surface area (Å²) in [5, 5.41) is 4.72. The van der Waals surface area contributed by atoms with Crippen molar-refractivity contribution in [3.05, 3.63) is 28.2 Å². The van der Waals surface area contributed by atoms with Crippen LogP contribution in [0.2, 0.25) is 0 Å². The maximum atomic E-state index is 12.0. The molecule has 5 nitrogen and oxygen atoms in total. The van der Waals surface area contributed by atoms with Gasteiger partial charge in [-0.15, -0.1) is 11.3 Å². The van der Waals surface area contributed by atoms with Gasteiger partial charge >= 0.3 is 5.97 Å². The zero-order chi connectivity index (χ0) is 13.7. The highest BCUT2D eigenvalue weighted by molar-refractivity contribution is 7.11. The van der Waals surface area contributed by atoms with Crippen LogP contribution in [0.25, 0.3) is 0 Å². The molecular formula is C13H16N2O3S. The first-order valence-electron chi connectivity index (χ1n) is 6.29. The van der Waals surface area contributed by atoms with Crippen molar-refractivity contribution in [3.63, 3.8) is 0 Å². The predicted molar refractivity (Wildman–Crippen MR) is 72.3 cm³/mol. The SMILES string of the molecule is CCOC(=O)c1nc(C(=O)NC2CC=CCC2)cs1. The van der Waals surface area contributed by atoms with E-state index in [1.54, 1.807) is 12.3 Å². The summed E-state index contributed by atoms with van der Waals surface area (Å²) in [5.74, 6) is -0.709. The molecule has 0 spiro atoms. The van der Waals surface area contributed by atoms with Crippen molar-refractivity contribution in [2.45, 2.75) is 32.2 Å². The summed E-state index contributed by atoms with van der Waals surface area (Å²) < 4.78 is 4.84. The molecule has 1 unspecified atom stereocenters. The molecule has 0 saturated carbocycles. The van der Waals surface area contributed by atoms with E-state index in [-0.39, 0.29) is 22.7 Å². The van der Waals surface area contributed by atoms with Gasteiger partial charge in [-0.1, -0.05) is 12.2 Å². The summed E-state index contributed by atoms with van der Waals surface area (Å²) in [4.78, 5) is 27.4. The molecule has 0 bridgehead atoms. The van der Waals surface area contributed by atoms with Gasteiger partial charge in [-0.25, -0.2) is 9.78 Å². The van der Waals surface area contributed by atoms with Crippen LogP contribution in [-0.4, -0.2) is 29.5 Å². The first-order valence-corrected chi connectivity index (χ1v) is 7.17. The number of hydrogen-bond acceptors (Lipinski definition) is 5. The van der Waals surface area contributed by atoms with E-state index in [2.05, 4.69) is 22.5 Å². The van der Waals surface area contributed by atoms with Crippen molar-refractivity contribution < 1.29 is 14.3 Å². The third-order valence-corrected chi connectivity index (χ3v) is 3.61. The van der Waals surface area contributed by atoms with Gasteiger partial charge in [0.25, 0.3) is 5.91 Å². The molecule has 0 fully saturated rings. The maximum absolute atomic E-state index is 12.0. The van der Waals surface area contributed by atoms with Gasteiger partial charge in [0, 0.05) is 11.4 Å². The molecule has 0 radical (unpaired) electrons. The van der Waals surface area contributed by atoms with Gasteiger partial charge in [-0.3, -0.25) is 4.79 Å².